The molecule has 1 aromatic heterocycles. The van der Waals surface area contributed by atoms with Crippen LogP contribution in [0.2, 0.25) is 0 Å². The number of methoxy groups -OCH3 is 2. The summed E-state index contributed by atoms with van der Waals surface area (Å²) < 4.78 is 57.9. The third kappa shape index (κ3) is 4.33. The second-order valence-corrected chi connectivity index (χ2v) is 9.27. The first-order valence-electron chi connectivity index (χ1n) is 10.6. The van der Waals surface area contributed by atoms with Crippen LogP contribution in [0.15, 0.2) is 18.2 Å². The molecule has 1 aromatic carbocycles. The minimum atomic E-state index is -4.52. The average Bonchev–Trinajstić information content (AvgIpc) is 3.21. The number of terminal acetylenes is 1. The molecule has 9 heteroatoms. The van der Waals surface area contributed by atoms with E-state index in [9.17, 15) is 18.3 Å². The molecule has 0 bridgehead atoms. The monoisotopic (exact) mass is 481 g/mol. The molecule has 1 fully saturated rings. The number of nitrogens with zero attached hydrogens (tertiary/aromatic N) is 1. The van der Waals surface area contributed by atoms with Gasteiger partial charge in [0.15, 0.2) is 0 Å². The van der Waals surface area contributed by atoms with Crippen molar-refractivity contribution >= 4 is 11.3 Å². The molecular formula is C24H26F3NO4S. The molecule has 1 spiro atoms. The molecule has 0 radical (unpaired) electrons. The van der Waals surface area contributed by atoms with Crippen LogP contribution in [0.4, 0.5) is 13.2 Å². The molecule has 4 rings (SSSR count). The van der Waals surface area contributed by atoms with E-state index < -0.39 is 23.3 Å². The molecule has 2 aliphatic heterocycles. The number of benzene rings is 1. The number of aliphatic hydroxyl groups excluding tert-OH is 1. The van der Waals surface area contributed by atoms with E-state index in [1.54, 1.807) is 14.2 Å². The van der Waals surface area contributed by atoms with Crippen molar-refractivity contribution in [2.75, 3.05) is 27.4 Å². The van der Waals surface area contributed by atoms with Gasteiger partial charge in [-0.15, -0.1) is 17.8 Å². The molecule has 1 saturated heterocycles. The number of aliphatic hydroxyl groups is 1. The quantitative estimate of drug-likeness (QED) is 0.644. The summed E-state index contributed by atoms with van der Waals surface area (Å²) in [5, 5.41) is 9.71. The van der Waals surface area contributed by atoms with Crippen molar-refractivity contribution in [2.45, 2.75) is 50.2 Å². The molecule has 5 nitrogen and oxygen atoms in total. The Kier molecular flexibility index (Phi) is 6.65. The van der Waals surface area contributed by atoms with Gasteiger partial charge in [0.1, 0.15) is 22.0 Å². The highest BCUT2D eigenvalue weighted by Gasteiger charge is 2.49. The first-order valence-corrected chi connectivity index (χ1v) is 11.5. The van der Waals surface area contributed by atoms with Crippen molar-refractivity contribution in [3.63, 3.8) is 0 Å². The Morgan fingerprint density at radius 3 is 2.76 bits per heavy atom. The highest BCUT2D eigenvalue weighted by Crippen LogP contribution is 2.51. The van der Waals surface area contributed by atoms with Crippen LogP contribution in [-0.4, -0.2) is 43.4 Å². The molecular weight excluding hydrogens is 455 g/mol. The van der Waals surface area contributed by atoms with E-state index >= 15 is 0 Å². The van der Waals surface area contributed by atoms with E-state index in [1.807, 2.05) is 18.2 Å². The lowest BCUT2D eigenvalue weighted by atomic mass is 9.80. The minimum absolute atomic E-state index is 0.0205. The Balaban J connectivity index is 1.63. The van der Waals surface area contributed by atoms with Crippen LogP contribution in [0.5, 0.6) is 11.5 Å². The Morgan fingerprint density at radius 2 is 2.12 bits per heavy atom. The van der Waals surface area contributed by atoms with E-state index in [-0.39, 0.29) is 11.6 Å². The maximum absolute atomic E-state index is 13.6. The second-order valence-electron chi connectivity index (χ2n) is 8.25. The molecule has 178 valence electrons. The normalized spacial score (nSPS) is 23.2. The topological polar surface area (TPSA) is 51.2 Å². The third-order valence-electron chi connectivity index (χ3n) is 6.50. The Hall–Kier alpha value is -2.25. The summed E-state index contributed by atoms with van der Waals surface area (Å²) in [5.41, 5.74) is 0.621. The zero-order valence-electron chi connectivity index (χ0n) is 18.5. The molecule has 3 heterocycles. The summed E-state index contributed by atoms with van der Waals surface area (Å²) in [6.07, 6.45) is 2.63. The number of ether oxygens (including phenoxy) is 3. The van der Waals surface area contributed by atoms with Gasteiger partial charge in [-0.1, -0.05) is 12.0 Å². The van der Waals surface area contributed by atoms with Crippen molar-refractivity contribution in [3.05, 3.63) is 44.6 Å². The number of hydrogen-bond acceptors (Lipinski definition) is 6. The van der Waals surface area contributed by atoms with Gasteiger partial charge in [0.25, 0.3) is 0 Å². The summed E-state index contributed by atoms with van der Waals surface area (Å²) in [7, 11) is 3.18. The van der Waals surface area contributed by atoms with Crippen LogP contribution in [0.1, 0.15) is 39.3 Å². The number of halogens is 3. The number of piperidine rings is 1. The van der Waals surface area contributed by atoms with Crippen LogP contribution >= 0.6 is 11.3 Å². The van der Waals surface area contributed by atoms with Crippen LogP contribution in [-0.2, 0) is 36.1 Å². The fourth-order valence-electron chi connectivity index (χ4n) is 4.86. The minimum Gasteiger partial charge on any atom is -0.497 e. The van der Waals surface area contributed by atoms with Crippen molar-refractivity contribution in [1.29, 1.82) is 0 Å². The zero-order chi connectivity index (χ0) is 23.8. The molecule has 2 aliphatic rings. The molecule has 1 N–H and O–H groups in total. The van der Waals surface area contributed by atoms with Crippen molar-refractivity contribution in [3.8, 4) is 23.8 Å². The summed E-state index contributed by atoms with van der Waals surface area (Å²) in [5.74, 6) is 4.18. The lowest BCUT2D eigenvalue weighted by molar-refractivity contribution is -0.135. The molecule has 0 saturated carbocycles. The Morgan fingerprint density at radius 1 is 1.33 bits per heavy atom. The van der Waals surface area contributed by atoms with Gasteiger partial charge in [-0.3, -0.25) is 4.90 Å². The van der Waals surface area contributed by atoms with E-state index in [2.05, 4.69) is 10.8 Å². The van der Waals surface area contributed by atoms with E-state index in [1.165, 1.54) is 0 Å². The van der Waals surface area contributed by atoms with Crippen LogP contribution in [0, 0.1) is 12.3 Å². The van der Waals surface area contributed by atoms with Crippen LogP contribution < -0.4 is 9.47 Å². The number of hydrogen-bond donors (Lipinski definition) is 1. The first-order chi connectivity index (χ1) is 15.8. The van der Waals surface area contributed by atoms with E-state index in [4.69, 9.17) is 20.6 Å². The van der Waals surface area contributed by atoms with Crippen LogP contribution in [0.25, 0.3) is 0 Å². The number of alkyl halides is 3. The van der Waals surface area contributed by atoms with E-state index in [0.29, 0.717) is 72.2 Å². The fourth-order valence-corrected chi connectivity index (χ4v) is 6.27. The van der Waals surface area contributed by atoms with Gasteiger partial charge in [0, 0.05) is 41.6 Å². The summed E-state index contributed by atoms with van der Waals surface area (Å²) in [4.78, 5) is 1.95. The van der Waals surface area contributed by atoms with Gasteiger partial charge >= 0.3 is 6.18 Å². The van der Waals surface area contributed by atoms with Crippen molar-refractivity contribution in [1.82, 2.24) is 4.90 Å². The van der Waals surface area contributed by atoms with E-state index in [0.717, 1.165) is 5.56 Å². The largest absolute Gasteiger partial charge is 0.497 e. The van der Waals surface area contributed by atoms with Gasteiger partial charge < -0.3 is 19.3 Å². The Bertz CT molecular complexity index is 1060. The maximum Gasteiger partial charge on any atom is 0.425 e. The highest BCUT2D eigenvalue weighted by atomic mass is 32.1. The predicted octanol–water partition coefficient (Wildman–Crippen LogP) is 4.34. The first kappa shape index (κ1) is 23.9. The second kappa shape index (κ2) is 9.18. The predicted molar refractivity (Wildman–Crippen MR) is 118 cm³/mol. The van der Waals surface area contributed by atoms with Crippen molar-refractivity contribution in [2.24, 2.45) is 0 Å². The SMILES string of the molecule is C#CC1CC2(CCN1Cc1ccc(OC)cc1OC)OCCc1c2sc(C(F)(F)F)c1CO. The maximum atomic E-state index is 13.6. The van der Waals surface area contributed by atoms with Gasteiger partial charge in [-0.2, -0.15) is 13.2 Å². The van der Waals surface area contributed by atoms with Gasteiger partial charge in [-0.25, -0.2) is 0 Å². The summed E-state index contributed by atoms with van der Waals surface area (Å²) in [6.45, 7) is 0.749. The third-order valence-corrected chi connectivity index (χ3v) is 8.01. The van der Waals surface area contributed by atoms with Gasteiger partial charge in [-0.05, 0) is 24.5 Å². The van der Waals surface area contributed by atoms with Crippen molar-refractivity contribution < 1.29 is 32.5 Å². The smallest absolute Gasteiger partial charge is 0.425 e. The number of rotatable bonds is 5. The molecule has 2 aromatic rings. The number of fused-ring (bicyclic) bond motifs is 2. The lowest BCUT2D eigenvalue weighted by Gasteiger charge is -2.46. The Labute approximate surface area is 195 Å². The highest BCUT2D eigenvalue weighted by molar-refractivity contribution is 7.12. The molecule has 0 aliphatic carbocycles. The zero-order valence-corrected chi connectivity index (χ0v) is 19.3. The standard InChI is InChI=1S/C24H26F3NO4S/c1-4-16-12-23(8-9-28(16)13-15-5-6-17(30-2)11-20(15)31-3)21-18(7-10-32-23)19(14-29)22(33-21)24(25,26)27/h1,5-6,11,16,29H,7-10,12-14H2,2-3H3. The number of likely N-dealkylation sites (tertiary alicyclic amines) is 1. The molecule has 2 unspecified atom stereocenters. The summed E-state index contributed by atoms with van der Waals surface area (Å²) in [6, 6.07) is 5.26. The average molecular weight is 482 g/mol. The fraction of sp³-hybridized carbons (Fsp3) is 0.500. The molecule has 0 amide bonds. The lowest BCUT2D eigenvalue weighted by Crippen LogP contribution is -2.50. The molecule has 33 heavy (non-hydrogen) atoms. The molecule has 2 atom stereocenters. The van der Waals surface area contributed by atoms with Crippen LogP contribution in [0.3, 0.4) is 0 Å². The summed E-state index contributed by atoms with van der Waals surface area (Å²) >= 11 is 0.696. The van der Waals surface area contributed by atoms with Gasteiger partial charge in [0.05, 0.1) is 33.5 Å². The van der Waals surface area contributed by atoms with Gasteiger partial charge in [0.2, 0.25) is 0 Å². The number of thiophene rings is 1.